The van der Waals surface area contributed by atoms with Crippen molar-refractivity contribution < 1.29 is 27.9 Å². The zero-order chi connectivity index (χ0) is 16.0. The molecule has 1 rings (SSSR count). The van der Waals surface area contributed by atoms with Gasteiger partial charge in [-0.15, -0.1) is 0 Å². The highest BCUT2D eigenvalue weighted by Gasteiger charge is 2.18. The van der Waals surface area contributed by atoms with Crippen LogP contribution in [-0.2, 0) is 14.6 Å². The average Bonchev–Trinajstić information content (AvgIpc) is 2.37. The Kier molecular flexibility index (Phi) is 5.71. The van der Waals surface area contributed by atoms with Gasteiger partial charge in [0.25, 0.3) is 0 Å². The lowest BCUT2D eigenvalue weighted by Crippen LogP contribution is -2.25. The van der Waals surface area contributed by atoms with Gasteiger partial charge < -0.3 is 15.2 Å². The van der Waals surface area contributed by atoms with Gasteiger partial charge in [-0.05, 0) is 24.6 Å². The zero-order valence-electron chi connectivity index (χ0n) is 11.8. The maximum Gasteiger partial charge on any atom is 0.337 e. The van der Waals surface area contributed by atoms with Crippen LogP contribution >= 0.6 is 0 Å². The van der Waals surface area contributed by atoms with Gasteiger partial charge in [0.15, 0.2) is 9.84 Å². The second kappa shape index (κ2) is 7.07. The van der Waals surface area contributed by atoms with Crippen LogP contribution in [0.25, 0.3) is 0 Å². The standard InChI is InChI=1S/C13H17NO6S/c1-3-6-21(18,19)8-12(15)14-11-5-4-9(20-2)7-10(11)13(16)17/h4-5,7H,3,6,8H2,1-2H3,(H,14,15)(H,16,17). The van der Waals surface area contributed by atoms with E-state index in [0.717, 1.165) is 0 Å². The van der Waals surface area contributed by atoms with E-state index >= 15 is 0 Å². The highest BCUT2D eigenvalue weighted by atomic mass is 32.2. The predicted molar refractivity (Wildman–Crippen MR) is 77.5 cm³/mol. The first kappa shape index (κ1) is 17.0. The van der Waals surface area contributed by atoms with E-state index in [1.165, 1.54) is 25.3 Å². The molecule has 0 aliphatic heterocycles. The molecule has 0 unspecified atom stereocenters. The first-order chi connectivity index (χ1) is 9.79. The molecule has 0 bridgehead atoms. The molecule has 1 amide bonds. The molecule has 0 aromatic heterocycles. The van der Waals surface area contributed by atoms with Gasteiger partial charge in [0.2, 0.25) is 5.91 Å². The molecular weight excluding hydrogens is 298 g/mol. The van der Waals surface area contributed by atoms with Crippen molar-refractivity contribution >= 4 is 27.4 Å². The summed E-state index contributed by atoms with van der Waals surface area (Å²) < 4.78 is 28.0. The van der Waals surface area contributed by atoms with Crippen LogP contribution in [0.15, 0.2) is 18.2 Å². The Labute approximate surface area is 122 Å². The summed E-state index contributed by atoms with van der Waals surface area (Å²) in [6.07, 6.45) is 0.415. The largest absolute Gasteiger partial charge is 0.497 e. The van der Waals surface area contributed by atoms with Gasteiger partial charge >= 0.3 is 5.97 Å². The van der Waals surface area contributed by atoms with Gasteiger partial charge in [0.1, 0.15) is 11.5 Å². The van der Waals surface area contributed by atoms with Crippen LogP contribution in [0.2, 0.25) is 0 Å². The number of carbonyl (C=O) groups is 2. The van der Waals surface area contributed by atoms with Gasteiger partial charge in [-0.3, -0.25) is 4.79 Å². The van der Waals surface area contributed by atoms with Gasteiger partial charge in [0.05, 0.1) is 24.1 Å². The Morgan fingerprint density at radius 1 is 1.33 bits per heavy atom. The lowest BCUT2D eigenvalue weighted by molar-refractivity contribution is -0.113. The fraction of sp³-hybridized carbons (Fsp3) is 0.385. The molecule has 0 aliphatic carbocycles. The number of carboxylic acid groups (broad SMARTS) is 1. The van der Waals surface area contributed by atoms with E-state index < -0.39 is 27.5 Å². The number of rotatable bonds is 7. The van der Waals surface area contributed by atoms with E-state index in [1.54, 1.807) is 6.92 Å². The molecule has 7 nitrogen and oxygen atoms in total. The van der Waals surface area contributed by atoms with Crippen molar-refractivity contribution in [2.75, 3.05) is 23.9 Å². The minimum absolute atomic E-state index is 0.0278. The number of ether oxygens (including phenoxy) is 1. The Morgan fingerprint density at radius 3 is 2.52 bits per heavy atom. The molecule has 21 heavy (non-hydrogen) atoms. The van der Waals surface area contributed by atoms with Gasteiger partial charge in [-0.25, -0.2) is 13.2 Å². The van der Waals surface area contributed by atoms with Gasteiger partial charge in [0, 0.05) is 0 Å². The van der Waals surface area contributed by atoms with Crippen LogP contribution in [0.1, 0.15) is 23.7 Å². The minimum atomic E-state index is -3.48. The van der Waals surface area contributed by atoms with Crippen LogP contribution < -0.4 is 10.1 Å². The number of methoxy groups -OCH3 is 1. The fourth-order valence-electron chi connectivity index (χ4n) is 1.71. The van der Waals surface area contributed by atoms with Gasteiger partial charge in [-0.1, -0.05) is 6.92 Å². The first-order valence-electron chi connectivity index (χ1n) is 6.20. The number of sulfone groups is 1. The van der Waals surface area contributed by atoms with Crippen LogP contribution in [0.3, 0.4) is 0 Å². The highest BCUT2D eigenvalue weighted by Crippen LogP contribution is 2.22. The molecule has 116 valence electrons. The number of amides is 1. The van der Waals surface area contributed by atoms with E-state index in [4.69, 9.17) is 9.84 Å². The van der Waals surface area contributed by atoms with Crippen molar-refractivity contribution in [3.63, 3.8) is 0 Å². The van der Waals surface area contributed by atoms with Crippen molar-refractivity contribution in [3.8, 4) is 5.75 Å². The van der Waals surface area contributed by atoms with E-state index in [0.29, 0.717) is 12.2 Å². The molecular formula is C13H17NO6S. The molecule has 0 fully saturated rings. The molecule has 2 N–H and O–H groups in total. The van der Waals surface area contributed by atoms with Crippen LogP contribution in [0.4, 0.5) is 5.69 Å². The van der Waals surface area contributed by atoms with Crippen molar-refractivity contribution in [1.29, 1.82) is 0 Å². The number of anilines is 1. The molecule has 1 aromatic rings. The van der Waals surface area contributed by atoms with Crippen LogP contribution in [0, 0.1) is 0 Å². The Hall–Kier alpha value is -2.09. The second-order valence-corrected chi connectivity index (χ2v) is 6.54. The van der Waals surface area contributed by atoms with E-state index in [1.807, 2.05) is 0 Å². The summed E-state index contributed by atoms with van der Waals surface area (Å²) >= 11 is 0. The molecule has 0 spiro atoms. The SMILES string of the molecule is CCCS(=O)(=O)CC(=O)Nc1ccc(OC)cc1C(=O)O. The predicted octanol–water partition coefficient (Wildman–Crippen LogP) is 1.16. The lowest BCUT2D eigenvalue weighted by atomic mass is 10.1. The minimum Gasteiger partial charge on any atom is -0.497 e. The number of hydrogen-bond donors (Lipinski definition) is 2. The number of carbonyl (C=O) groups excluding carboxylic acids is 1. The number of carboxylic acids is 1. The summed E-state index contributed by atoms with van der Waals surface area (Å²) in [4.78, 5) is 22.9. The number of benzene rings is 1. The van der Waals surface area contributed by atoms with Crippen molar-refractivity contribution in [2.24, 2.45) is 0 Å². The van der Waals surface area contributed by atoms with Crippen molar-refractivity contribution in [1.82, 2.24) is 0 Å². The summed E-state index contributed by atoms with van der Waals surface area (Å²) in [6, 6.07) is 4.08. The highest BCUT2D eigenvalue weighted by molar-refractivity contribution is 7.92. The van der Waals surface area contributed by atoms with Gasteiger partial charge in [-0.2, -0.15) is 0 Å². The molecule has 8 heteroatoms. The Bertz CT molecular complexity index is 638. The molecule has 0 saturated heterocycles. The maximum absolute atomic E-state index is 11.7. The fourth-order valence-corrected chi connectivity index (χ4v) is 2.94. The van der Waals surface area contributed by atoms with Crippen molar-refractivity contribution in [3.05, 3.63) is 23.8 Å². The summed E-state index contributed by atoms with van der Waals surface area (Å²) in [5, 5.41) is 11.4. The summed E-state index contributed by atoms with van der Waals surface area (Å²) in [6.45, 7) is 1.70. The van der Waals surface area contributed by atoms with Crippen molar-refractivity contribution in [2.45, 2.75) is 13.3 Å². The monoisotopic (exact) mass is 315 g/mol. The Morgan fingerprint density at radius 2 is 2.00 bits per heavy atom. The first-order valence-corrected chi connectivity index (χ1v) is 8.02. The van der Waals surface area contributed by atoms with E-state index in [9.17, 15) is 18.0 Å². The Balaban J connectivity index is 2.92. The topological polar surface area (TPSA) is 110 Å². The third-order valence-electron chi connectivity index (χ3n) is 2.60. The maximum atomic E-state index is 11.7. The average molecular weight is 315 g/mol. The lowest BCUT2D eigenvalue weighted by Gasteiger charge is -2.10. The summed E-state index contributed by atoms with van der Waals surface area (Å²) in [5.41, 5.74) is -0.143. The zero-order valence-corrected chi connectivity index (χ0v) is 12.6. The molecule has 0 aliphatic rings. The second-order valence-electron chi connectivity index (χ2n) is 4.36. The molecule has 0 radical (unpaired) electrons. The summed E-state index contributed by atoms with van der Waals surface area (Å²) in [5.74, 6) is -2.46. The number of hydrogen-bond acceptors (Lipinski definition) is 5. The number of aromatic carboxylic acids is 1. The van der Waals surface area contributed by atoms with E-state index in [2.05, 4.69) is 5.32 Å². The number of nitrogens with one attached hydrogen (secondary N) is 1. The van der Waals surface area contributed by atoms with Crippen LogP contribution in [0.5, 0.6) is 5.75 Å². The molecule has 1 aromatic carbocycles. The normalized spacial score (nSPS) is 11.0. The quantitative estimate of drug-likeness (QED) is 0.781. The summed E-state index contributed by atoms with van der Waals surface area (Å²) in [7, 11) is -2.10. The molecule has 0 heterocycles. The van der Waals surface area contributed by atoms with Crippen LogP contribution in [-0.4, -0.2) is 44.0 Å². The third-order valence-corrected chi connectivity index (χ3v) is 4.33. The smallest absolute Gasteiger partial charge is 0.337 e. The molecule has 0 atom stereocenters. The van der Waals surface area contributed by atoms with E-state index in [-0.39, 0.29) is 17.0 Å². The molecule has 0 saturated carbocycles. The third kappa shape index (κ3) is 5.07.